The second kappa shape index (κ2) is 7.26. The van der Waals surface area contributed by atoms with Crippen molar-refractivity contribution < 1.29 is 9.32 Å². The minimum atomic E-state index is -0.0719. The Morgan fingerprint density at radius 1 is 1.38 bits per heavy atom. The number of carbonyl (C=O) groups excluding carboxylic acids is 1. The first-order chi connectivity index (χ1) is 10.1. The van der Waals surface area contributed by atoms with Crippen molar-refractivity contribution >= 4 is 22.4 Å². The minimum absolute atomic E-state index is 0.0719. The topological polar surface area (TPSA) is 93.8 Å². The van der Waals surface area contributed by atoms with Crippen LogP contribution in [0.25, 0.3) is 0 Å². The molecule has 0 saturated carbocycles. The first-order valence-electron chi connectivity index (χ1n) is 7.03. The Kier molecular flexibility index (Phi) is 5.38. The molecule has 0 atom stereocenters. The van der Waals surface area contributed by atoms with Gasteiger partial charge in [-0.2, -0.15) is 4.98 Å². The zero-order valence-corrected chi connectivity index (χ0v) is 13.2. The van der Waals surface area contributed by atoms with Crippen molar-refractivity contribution in [3.63, 3.8) is 0 Å². The van der Waals surface area contributed by atoms with Gasteiger partial charge in [-0.1, -0.05) is 37.3 Å². The van der Waals surface area contributed by atoms with Crippen molar-refractivity contribution in [2.24, 2.45) is 0 Å². The number of hydrogen-bond acceptors (Lipinski definition) is 7. The average Bonchev–Trinajstić information content (AvgIpc) is 3.07. The Morgan fingerprint density at radius 2 is 2.19 bits per heavy atom. The van der Waals surface area contributed by atoms with Crippen LogP contribution in [0.15, 0.2) is 4.52 Å². The molecule has 1 N–H and O–H groups in total. The molecule has 0 radical (unpaired) electrons. The summed E-state index contributed by atoms with van der Waals surface area (Å²) >= 11 is 1.40. The predicted octanol–water partition coefficient (Wildman–Crippen LogP) is 2.57. The lowest BCUT2D eigenvalue weighted by Gasteiger charge is -1.99. The molecule has 2 aromatic rings. The van der Waals surface area contributed by atoms with E-state index in [0.29, 0.717) is 36.1 Å². The normalized spacial score (nSPS) is 11.0. The fourth-order valence-electron chi connectivity index (χ4n) is 1.63. The lowest BCUT2D eigenvalue weighted by Crippen LogP contribution is -2.11. The number of amides is 1. The Bertz CT molecular complexity index is 593. The molecule has 0 spiro atoms. The second-order valence-corrected chi connectivity index (χ2v) is 6.02. The first-order valence-corrected chi connectivity index (χ1v) is 7.84. The fraction of sp³-hybridized carbons (Fsp3) is 0.615. The van der Waals surface area contributed by atoms with E-state index in [1.165, 1.54) is 11.3 Å². The molecule has 7 nitrogen and oxygen atoms in total. The van der Waals surface area contributed by atoms with Crippen LogP contribution in [0.3, 0.4) is 0 Å². The van der Waals surface area contributed by atoms with E-state index in [1.807, 2.05) is 20.8 Å². The van der Waals surface area contributed by atoms with E-state index in [9.17, 15) is 4.79 Å². The van der Waals surface area contributed by atoms with Crippen LogP contribution in [0.2, 0.25) is 0 Å². The van der Waals surface area contributed by atoms with E-state index in [1.54, 1.807) is 0 Å². The molecule has 2 heterocycles. The summed E-state index contributed by atoms with van der Waals surface area (Å²) in [5.41, 5.74) is 0. The smallest absolute Gasteiger partial charge is 0.226 e. The summed E-state index contributed by atoms with van der Waals surface area (Å²) in [6.07, 6.45) is 2.47. The summed E-state index contributed by atoms with van der Waals surface area (Å²) in [7, 11) is 0. The number of nitrogens with zero attached hydrogens (tertiary/aromatic N) is 4. The van der Waals surface area contributed by atoms with E-state index in [0.717, 1.165) is 11.4 Å². The van der Waals surface area contributed by atoms with Crippen molar-refractivity contribution in [1.82, 2.24) is 20.3 Å². The van der Waals surface area contributed by atoms with Crippen molar-refractivity contribution in [2.45, 2.75) is 52.4 Å². The third-order valence-corrected chi connectivity index (χ3v) is 3.79. The molecule has 8 heteroatoms. The largest absolute Gasteiger partial charge is 0.339 e. The number of aromatic nitrogens is 4. The number of hydrogen-bond donors (Lipinski definition) is 1. The predicted molar refractivity (Wildman–Crippen MR) is 79.2 cm³/mol. The highest BCUT2D eigenvalue weighted by atomic mass is 32.1. The molecule has 2 aromatic heterocycles. The van der Waals surface area contributed by atoms with E-state index in [2.05, 4.69) is 25.7 Å². The SMILES string of the molecule is CCc1nnc(NC(=O)CCCc2nc(C(C)C)no2)s1. The van der Waals surface area contributed by atoms with Gasteiger partial charge >= 0.3 is 0 Å². The Balaban J connectivity index is 1.73. The molecule has 114 valence electrons. The average molecular weight is 309 g/mol. The monoisotopic (exact) mass is 309 g/mol. The molecule has 0 bridgehead atoms. The van der Waals surface area contributed by atoms with Gasteiger partial charge in [-0.05, 0) is 12.8 Å². The zero-order chi connectivity index (χ0) is 15.2. The van der Waals surface area contributed by atoms with Crippen LogP contribution in [0, 0.1) is 0 Å². The van der Waals surface area contributed by atoms with E-state index < -0.39 is 0 Å². The zero-order valence-electron chi connectivity index (χ0n) is 12.4. The maximum atomic E-state index is 11.8. The quantitative estimate of drug-likeness (QED) is 0.844. The Morgan fingerprint density at radius 3 is 2.81 bits per heavy atom. The summed E-state index contributed by atoms with van der Waals surface area (Å²) < 4.78 is 5.13. The molecule has 0 unspecified atom stereocenters. The van der Waals surface area contributed by atoms with Gasteiger partial charge in [0.15, 0.2) is 5.82 Å². The van der Waals surface area contributed by atoms with Gasteiger partial charge in [-0.3, -0.25) is 4.79 Å². The molecule has 0 saturated heterocycles. The van der Waals surface area contributed by atoms with Crippen molar-refractivity contribution in [3.8, 4) is 0 Å². The molecule has 0 fully saturated rings. The van der Waals surface area contributed by atoms with Crippen LogP contribution >= 0.6 is 11.3 Å². The minimum Gasteiger partial charge on any atom is -0.339 e. The number of carbonyl (C=O) groups is 1. The van der Waals surface area contributed by atoms with Gasteiger partial charge in [0.2, 0.25) is 16.9 Å². The van der Waals surface area contributed by atoms with Crippen molar-refractivity contribution in [3.05, 3.63) is 16.7 Å². The van der Waals surface area contributed by atoms with Crippen LogP contribution in [0.1, 0.15) is 56.3 Å². The maximum absolute atomic E-state index is 11.8. The standard InChI is InChI=1S/C13H19N5O2S/c1-4-11-16-17-13(21-11)14-9(19)6-5-7-10-15-12(8(2)3)18-20-10/h8H,4-7H2,1-3H3,(H,14,17,19). The van der Waals surface area contributed by atoms with Gasteiger partial charge < -0.3 is 9.84 Å². The van der Waals surface area contributed by atoms with Gasteiger partial charge in [0, 0.05) is 18.8 Å². The molecule has 0 aliphatic carbocycles. The highest BCUT2D eigenvalue weighted by Crippen LogP contribution is 2.16. The van der Waals surface area contributed by atoms with Crippen LogP contribution in [-0.2, 0) is 17.6 Å². The molecule has 1 amide bonds. The summed E-state index contributed by atoms with van der Waals surface area (Å²) in [6, 6.07) is 0. The molecular weight excluding hydrogens is 290 g/mol. The fourth-order valence-corrected chi connectivity index (χ4v) is 2.33. The molecule has 0 aromatic carbocycles. The summed E-state index contributed by atoms with van der Waals surface area (Å²) in [4.78, 5) is 16.1. The highest BCUT2D eigenvalue weighted by Gasteiger charge is 2.11. The number of aryl methyl sites for hydroxylation is 2. The molecule has 21 heavy (non-hydrogen) atoms. The van der Waals surface area contributed by atoms with Gasteiger partial charge in [0.05, 0.1) is 0 Å². The molecule has 0 aliphatic rings. The van der Waals surface area contributed by atoms with Crippen molar-refractivity contribution in [1.29, 1.82) is 0 Å². The van der Waals surface area contributed by atoms with Crippen LogP contribution in [0.5, 0.6) is 0 Å². The highest BCUT2D eigenvalue weighted by molar-refractivity contribution is 7.15. The number of anilines is 1. The second-order valence-electron chi connectivity index (χ2n) is 4.96. The Labute approximate surface area is 127 Å². The Hall–Kier alpha value is -1.83. The van der Waals surface area contributed by atoms with E-state index in [4.69, 9.17) is 4.52 Å². The third-order valence-electron chi connectivity index (χ3n) is 2.81. The van der Waals surface area contributed by atoms with Gasteiger partial charge in [-0.25, -0.2) is 0 Å². The van der Waals surface area contributed by atoms with Gasteiger partial charge in [0.25, 0.3) is 0 Å². The van der Waals surface area contributed by atoms with Gasteiger partial charge in [0.1, 0.15) is 5.01 Å². The number of nitrogens with one attached hydrogen (secondary N) is 1. The number of rotatable bonds is 7. The van der Waals surface area contributed by atoms with E-state index in [-0.39, 0.29) is 11.8 Å². The summed E-state index contributed by atoms with van der Waals surface area (Å²) in [5.74, 6) is 1.46. The first kappa shape index (κ1) is 15.6. The van der Waals surface area contributed by atoms with Crippen molar-refractivity contribution in [2.75, 3.05) is 5.32 Å². The molecular formula is C13H19N5O2S. The molecule has 0 aliphatic heterocycles. The van der Waals surface area contributed by atoms with E-state index >= 15 is 0 Å². The third kappa shape index (κ3) is 4.59. The lowest BCUT2D eigenvalue weighted by atomic mass is 10.2. The lowest BCUT2D eigenvalue weighted by molar-refractivity contribution is -0.116. The van der Waals surface area contributed by atoms with Crippen LogP contribution < -0.4 is 5.32 Å². The summed E-state index contributed by atoms with van der Waals surface area (Å²) in [6.45, 7) is 6.02. The summed E-state index contributed by atoms with van der Waals surface area (Å²) in [5, 5.41) is 16.0. The van der Waals surface area contributed by atoms with Crippen LogP contribution in [0.4, 0.5) is 5.13 Å². The van der Waals surface area contributed by atoms with Crippen LogP contribution in [-0.4, -0.2) is 26.2 Å². The van der Waals surface area contributed by atoms with Gasteiger partial charge in [-0.15, -0.1) is 10.2 Å². The maximum Gasteiger partial charge on any atom is 0.226 e. The molecule has 2 rings (SSSR count).